The number of aliphatic hydroxyl groups excluding tert-OH is 1. The van der Waals surface area contributed by atoms with E-state index in [1.807, 2.05) is 0 Å². The fourth-order valence-electron chi connectivity index (χ4n) is 1.72. The van der Waals surface area contributed by atoms with Crippen LogP contribution in [0, 0.1) is 11.6 Å². The van der Waals surface area contributed by atoms with Crippen LogP contribution in [0.25, 0.3) is 0 Å². The van der Waals surface area contributed by atoms with Crippen molar-refractivity contribution in [1.82, 2.24) is 0 Å². The Bertz CT molecular complexity index is 624. The van der Waals surface area contributed by atoms with Gasteiger partial charge in [0.05, 0.1) is 11.8 Å². The maximum Gasteiger partial charge on any atom is 0.129 e. The van der Waals surface area contributed by atoms with E-state index < -0.39 is 17.7 Å². The first-order valence-electron chi connectivity index (χ1n) is 5.79. The smallest absolute Gasteiger partial charge is 0.129 e. The molecule has 1 unspecified atom stereocenters. The van der Waals surface area contributed by atoms with Gasteiger partial charge in [-0.15, -0.1) is 0 Å². The number of anilines is 1. The van der Waals surface area contributed by atoms with Gasteiger partial charge in [-0.25, -0.2) is 8.78 Å². The molecule has 20 heavy (non-hydrogen) atoms. The molecule has 1 atom stereocenters. The fraction of sp³-hybridized carbons (Fsp3) is 0.143. The molecule has 0 saturated carbocycles. The summed E-state index contributed by atoms with van der Waals surface area (Å²) >= 11 is 9.19. The van der Waals surface area contributed by atoms with Crippen molar-refractivity contribution in [3.8, 4) is 0 Å². The average Bonchev–Trinajstić information content (AvgIpc) is 2.42. The van der Waals surface area contributed by atoms with Crippen LogP contribution in [0.3, 0.4) is 0 Å². The van der Waals surface area contributed by atoms with Gasteiger partial charge < -0.3 is 10.4 Å². The van der Waals surface area contributed by atoms with Gasteiger partial charge in [0, 0.05) is 21.6 Å². The van der Waals surface area contributed by atoms with E-state index in [1.165, 1.54) is 0 Å². The molecule has 2 rings (SSSR count). The van der Waals surface area contributed by atoms with Crippen LogP contribution in [0.2, 0.25) is 5.02 Å². The SMILES string of the molecule is OC(CNc1cc(Cl)ccc1Br)c1cc(F)ccc1F. The lowest BCUT2D eigenvalue weighted by atomic mass is 10.1. The predicted molar refractivity (Wildman–Crippen MR) is 79.0 cm³/mol. The Morgan fingerprint density at radius 2 is 1.95 bits per heavy atom. The molecular formula is C14H11BrClF2NO. The van der Waals surface area contributed by atoms with E-state index in [0.717, 1.165) is 22.7 Å². The van der Waals surface area contributed by atoms with Crippen molar-refractivity contribution >= 4 is 33.2 Å². The van der Waals surface area contributed by atoms with Crippen molar-refractivity contribution in [2.45, 2.75) is 6.10 Å². The summed E-state index contributed by atoms with van der Waals surface area (Å²) < 4.78 is 27.3. The van der Waals surface area contributed by atoms with Crippen molar-refractivity contribution in [2.75, 3.05) is 11.9 Å². The van der Waals surface area contributed by atoms with Gasteiger partial charge in [0.25, 0.3) is 0 Å². The minimum Gasteiger partial charge on any atom is -0.386 e. The molecule has 2 aromatic carbocycles. The fourth-order valence-corrected chi connectivity index (χ4v) is 2.28. The summed E-state index contributed by atoms with van der Waals surface area (Å²) in [5.41, 5.74) is 0.573. The quantitative estimate of drug-likeness (QED) is 0.838. The van der Waals surface area contributed by atoms with Gasteiger partial charge in [0.15, 0.2) is 0 Å². The van der Waals surface area contributed by atoms with E-state index in [4.69, 9.17) is 11.6 Å². The van der Waals surface area contributed by atoms with Gasteiger partial charge >= 0.3 is 0 Å². The zero-order valence-corrected chi connectivity index (χ0v) is 12.5. The molecule has 6 heteroatoms. The first kappa shape index (κ1) is 15.2. The Morgan fingerprint density at radius 3 is 2.70 bits per heavy atom. The first-order valence-corrected chi connectivity index (χ1v) is 6.96. The first-order chi connectivity index (χ1) is 9.47. The lowest BCUT2D eigenvalue weighted by Crippen LogP contribution is -2.14. The summed E-state index contributed by atoms with van der Waals surface area (Å²) in [5, 5.41) is 13.4. The summed E-state index contributed by atoms with van der Waals surface area (Å²) in [6.07, 6.45) is -1.17. The van der Waals surface area contributed by atoms with Crippen molar-refractivity contribution in [1.29, 1.82) is 0 Å². The molecule has 0 fully saturated rings. The van der Waals surface area contributed by atoms with Crippen LogP contribution < -0.4 is 5.32 Å². The summed E-state index contributed by atoms with van der Waals surface area (Å²) in [5.74, 6) is -1.24. The Kier molecular flexibility index (Phi) is 4.96. The van der Waals surface area contributed by atoms with Crippen LogP contribution in [-0.2, 0) is 0 Å². The highest BCUT2D eigenvalue weighted by Crippen LogP contribution is 2.27. The lowest BCUT2D eigenvalue weighted by Gasteiger charge is -2.15. The molecule has 0 aromatic heterocycles. The summed E-state index contributed by atoms with van der Waals surface area (Å²) in [4.78, 5) is 0. The minimum atomic E-state index is -1.17. The molecule has 0 aliphatic carbocycles. The number of rotatable bonds is 4. The average molecular weight is 363 g/mol. The molecular weight excluding hydrogens is 352 g/mol. The number of halogens is 4. The number of aliphatic hydroxyl groups is 1. The van der Waals surface area contributed by atoms with Crippen molar-refractivity contribution in [3.63, 3.8) is 0 Å². The second-order valence-electron chi connectivity index (χ2n) is 4.19. The van der Waals surface area contributed by atoms with E-state index in [1.54, 1.807) is 18.2 Å². The monoisotopic (exact) mass is 361 g/mol. The van der Waals surface area contributed by atoms with Crippen LogP contribution in [-0.4, -0.2) is 11.7 Å². The minimum absolute atomic E-state index is 0.0271. The van der Waals surface area contributed by atoms with Gasteiger partial charge in [0.2, 0.25) is 0 Å². The third kappa shape index (κ3) is 3.69. The standard InChI is InChI=1S/C14H11BrClF2NO/c15-11-3-1-8(16)5-13(11)19-7-14(20)10-6-9(17)2-4-12(10)18/h1-6,14,19-20H,7H2. The van der Waals surface area contributed by atoms with Gasteiger partial charge in [-0.1, -0.05) is 11.6 Å². The third-order valence-electron chi connectivity index (χ3n) is 2.73. The summed E-state index contributed by atoms with van der Waals surface area (Å²) in [6, 6.07) is 8.10. The predicted octanol–water partition coefficient (Wildman–Crippen LogP) is 4.53. The highest BCUT2D eigenvalue weighted by atomic mass is 79.9. The topological polar surface area (TPSA) is 32.3 Å². The number of hydrogen-bond acceptors (Lipinski definition) is 2. The van der Waals surface area contributed by atoms with Gasteiger partial charge in [-0.05, 0) is 52.3 Å². The molecule has 0 amide bonds. The normalized spacial score (nSPS) is 12.2. The van der Waals surface area contributed by atoms with Crippen LogP contribution in [0.4, 0.5) is 14.5 Å². The summed E-state index contributed by atoms with van der Waals surface area (Å²) in [6.45, 7) is 0.0271. The zero-order chi connectivity index (χ0) is 14.7. The summed E-state index contributed by atoms with van der Waals surface area (Å²) in [7, 11) is 0. The molecule has 2 nitrogen and oxygen atoms in total. The Hall–Kier alpha value is -1.17. The Balaban J connectivity index is 2.10. The molecule has 106 valence electrons. The molecule has 2 aromatic rings. The Morgan fingerprint density at radius 1 is 1.20 bits per heavy atom. The van der Waals surface area contributed by atoms with Crippen molar-refractivity contribution in [3.05, 3.63) is 63.1 Å². The second-order valence-corrected chi connectivity index (χ2v) is 5.48. The van der Waals surface area contributed by atoms with E-state index in [9.17, 15) is 13.9 Å². The number of benzene rings is 2. The molecule has 0 heterocycles. The Labute approximate surface area is 128 Å². The van der Waals surface area contributed by atoms with E-state index in [2.05, 4.69) is 21.2 Å². The van der Waals surface area contributed by atoms with Gasteiger partial charge in [-0.3, -0.25) is 0 Å². The van der Waals surface area contributed by atoms with Crippen LogP contribution in [0.1, 0.15) is 11.7 Å². The maximum atomic E-state index is 13.5. The van der Waals surface area contributed by atoms with Gasteiger partial charge in [0.1, 0.15) is 11.6 Å². The van der Waals surface area contributed by atoms with Crippen LogP contribution in [0.15, 0.2) is 40.9 Å². The lowest BCUT2D eigenvalue weighted by molar-refractivity contribution is 0.186. The van der Waals surface area contributed by atoms with Crippen LogP contribution in [0.5, 0.6) is 0 Å². The van der Waals surface area contributed by atoms with E-state index >= 15 is 0 Å². The third-order valence-corrected chi connectivity index (χ3v) is 3.66. The molecule has 0 aliphatic heterocycles. The zero-order valence-electron chi connectivity index (χ0n) is 10.2. The maximum absolute atomic E-state index is 13.5. The number of hydrogen-bond donors (Lipinski definition) is 2. The van der Waals surface area contributed by atoms with Gasteiger partial charge in [-0.2, -0.15) is 0 Å². The molecule has 2 N–H and O–H groups in total. The van der Waals surface area contributed by atoms with Crippen molar-refractivity contribution in [2.24, 2.45) is 0 Å². The molecule has 0 spiro atoms. The molecule has 0 radical (unpaired) electrons. The highest BCUT2D eigenvalue weighted by Gasteiger charge is 2.14. The number of nitrogens with one attached hydrogen (secondary N) is 1. The van der Waals surface area contributed by atoms with Crippen LogP contribution >= 0.6 is 27.5 Å². The molecule has 0 aliphatic rings. The van der Waals surface area contributed by atoms with E-state index in [-0.39, 0.29) is 12.1 Å². The largest absolute Gasteiger partial charge is 0.386 e. The van der Waals surface area contributed by atoms with E-state index in [0.29, 0.717) is 10.7 Å². The van der Waals surface area contributed by atoms with Crippen molar-refractivity contribution < 1.29 is 13.9 Å². The second kappa shape index (κ2) is 6.52. The highest BCUT2D eigenvalue weighted by molar-refractivity contribution is 9.10. The molecule has 0 saturated heterocycles. The molecule has 0 bridgehead atoms.